The Morgan fingerprint density at radius 3 is 2.56 bits per heavy atom. The number of carbonyl (C=O) groups excluding carboxylic acids is 2. The van der Waals surface area contributed by atoms with E-state index in [2.05, 4.69) is 0 Å². The number of thiophene rings is 1. The van der Waals surface area contributed by atoms with Gasteiger partial charge in [0.25, 0.3) is 15.9 Å². The number of nitrogens with zero attached hydrogens (tertiary/aromatic N) is 1. The first-order valence-corrected chi connectivity index (χ1v) is 11.8. The molecule has 0 radical (unpaired) electrons. The number of fused-ring (bicyclic) bond motifs is 1. The van der Waals surface area contributed by atoms with Crippen molar-refractivity contribution in [3.05, 3.63) is 58.5 Å². The number of rotatable bonds is 7. The Morgan fingerprint density at radius 1 is 1.09 bits per heavy atom. The predicted molar refractivity (Wildman–Crippen MR) is 113 cm³/mol. The van der Waals surface area contributed by atoms with E-state index in [0.29, 0.717) is 30.4 Å². The third-order valence-corrected chi connectivity index (χ3v) is 6.06. The van der Waals surface area contributed by atoms with Gasteiger partial charge in [0.15, 0.2) is 18.1 Å². The molecule has 4 rings (SSSR count). The van der Waals surface area contributed by atoms with Crippen molar-refractivity contribution in [2.24, 2.45) is 5.14 Å². The van der Waals surface area contributed by atoms with Gasteiger partial charge in [-0.05, 0) is 35.7 Å². The fraction of sp³-hybridized carbons (Fsp3) is 0.200. The van der Waals surface area contributed by atoms with E-state index in [1.165, 1.54) is 16.2 Å². The minimum absolute atomic E-state index is 0.254. The first kappa shape index (κ1) is 21.9. The Morgan fingerprint density at radius 2 is 1.88 bits per heavy atom. The summed E-state index contributed by atoms with van der Waals surface area (Å²) < 4.78 is 43.6. The normalized spacial score (nSPS) is 12.9. The summed E-state index contributed by atoms with van der Waals surface area (Å²) >= 11 is 1.48. The molecule has 2 N–H and O–H groups in total. The van der Waals surface area contributed by atoms with E-state index < -0.39 is 33.6 Å². The van der Waals surface area contributed by atoms with E-state index in [-0.39, 0.29) is 12.3 Å². The number of nitrogens with two attached hydrogens (primary N) is 1. The maximum atomic E-state index is 13.0. The van der Waals surface area contributed by atoms with Gasteiger partial charge in [0.2, 0.25) is 10.9 Å². The monoisotopic (exact) mass is 478 g/mol. The van der Waals surface area contributed by atoms with E-state index in [0.717, 1.165) is 17.0 Å². The standard InChI is InChI=1S/C20H18N2O8S2/c21-32(25,26)19-6-5-16(30-19)20(24)29-12-18(23)22(11-14-2-1-9-31-14)13-3-4-15-17(10-13)28-8-7-27-15/h1-6,9-10H,7-8,11-12H2,(H2,21,25,26). The van der Waals surface area contributed by atoms with Crippen LogP contribution in [0.25, 0.3) is 0 Å². The fourth-order valence-electron chi connectivity index (χ4n) is 2.94. The van der Waals surface area contributed by atoms with Crippen molar-refractivity contribution in [2.75, 3.05) is 24.7 Å². The zero-order valence-electron chi connectivity index (χ0n) is 16.6. The molecule has 3 aromatic rings. The molecule has 0 aliphatic carbocycles. The average molecular weight is 479 g/mol. The van der Waals surface area contributed by atoms with E-state index in [9.17, 15) is 18.0 Å². The first-order valence-electron chi connectivity index (χ1n) is 9.33. The van der Waals surface area contributed by atoms with Crippen molar-refractivity contribution < 1.29 is 36.6 Å². The summed E-state index contributed by atoms with van der Waals surface area (Å²) in [5.74, 6) is -0.779. The van der Waals surface area contributed by atoms with Crippen LogP contribution in [0.1, 0.15) is 15.4 Å². The smallest absolute Gasteiger partial charge is 0.374 e. The van der Waals surface area contributed by atoms with Crippen LogP contribution < -0.4 is 19.5 Å². The van der Waals surface area contributed by atoms with Gasteiger partial charge in [0.1, 0.15) is 13.2 Å². The van der Waals surface area contributed by atoms with Gasteiger partial charge >= 0.3 is 5.97 Å². The molecule has 168 valence electrons. The molecule has 0 spiro atoms. The molecule has 0 saturated heterocycles. The summed E-state index contributed by atoms with van der Waals surface area (Å²) in [6, 6.07) is 11.0. The van der Waals surface area contributed by atoms with Gasteiger partial charge in [-0.25, -0.2) is 18.4 Å². The summed E-state index contributed by atoms with van der Waals surface area (Å²) in [5, 5.41) is 6.27. The van der Waals surface area contributed by atoms with Gasteiger partial charge in [-0.1, -0.05) is 6.07 Å². The first-order chi connectivity index (χ1) is 15.3. The van der Waals surface area contributed by atoms with E-state index >= 15 is 0 Å². The molecule has 1 amide bonds. The molecule has 0 bridgehead atoms. The van der Waals surface area contributed by atoms with Crippen LogP contribution in [0.5, 0.6) is 11.5 Å². The van der Waals surface area contributed by atoms with Crippen LogP contribution in [-0.2, 0) is 26.1 Å². The number of esters is 1. The summed E-state index contributed by atoms with van der Waals surface area (Å²) in [4.78, 5) is 27.5. The number of anilines is 1. The number of furan rings is 1. The molecular weight excluding hydrogens is 460 g/mol. The molecule has 0 atom stereocenters. The molecule has 10 nitrogen and oxygen atoms in total. The van der Waals surface area contributed by atoms with Crippen molar-refractivity contribution in [1.82, 2.24) is 0 Å². The molecule has 2 aromatic heterocycles. The minimum atomic E-state index is -4.10. The van der Waals surface area contributed by atoms with Gasteiger partial charge in [0.05, 0.1) is 6.54 Å². The van der Waals surface area contributed by atoms with Crippen LogP contribution in [0, 0.1) is 0 Å². The maximum absolute atomic E-state index is 13.0. The number of hydrogen-bond acceptors (Lipinski definition) is 9. The zero-order chi connectivity index (χ0) is 22.7. The van der Waals surface area contributed by atoms with Crippen LogP contribution in [0.4, 0.5) is 5.69 Å². The highest BCUT2D eigenvalue weighted by molar-refractivity contribution is 7.89. The molecule has 0 unspecified atom stereocenters. The van der Waals surface area contributed by atoms with E-state index in [1.807, 2.05) is 17.5 Å². The van der Waals surface area contributed by atoms with Crippen LogP contribution >= 0.6 is 11.3 Å². The highest BCUT2D eigenvalue weighted by Crippen LogP contribution is 2.34. The summed E-state index contributed by atoms with van der Waals surface area (Å²) in [5.41, 5.74) is 0.540. The number of carbonyl (C=O) groups is 2. The van der Waals surface area contributed by atoms with Crippen LogP contribution in [-0.4, -0.2) is 40.1 Å². The van der Waals surface area contributed by atoms with Crippen molar-refractivity contribution in [2.45, 2.75) is 11.6 Å². The highest BCUT2D eigenvalue weighted by Gasteiger charge is 2.23. The molecule has 12 heteroatoms. The third-order valence-electron chi connectivity index (χ3n) is 4.42. The number of hydrogen-bond donors (Lipinski definition) is 1. The summed E-state index contributed by atoms with van der Waals surface area (Å²) in [7, 11) is -4.10. The fourth-order valence-corrected chi connectivity index (χ4v) is 4.10. The number of amides is 1. The molecular formula is C20H18N2O8S2. The predicted octanol–water partition coefficient (Wildman–Crippen LogP) is 2.15. The Hall–Kier alpha value is -3.35. The molecule has 1 aliphatic heterocycles. The highest BCUT2D eigenvalue weighted by atomic mass is 32.2. The van der Waals surface area contributed by atoms with E-state index in [4.69, 9.17) is 23.8 Å². The van der Waals surface area contributed by atoms with Gasteiger partial charge in [0, 0.05) is 16.6 Å². The second-order valence-corrected chi connectivity index (χ2v) is 9.15. The quantitative estimate of drug-likeness (QED) is 0.510. The minimum Gasteiger partial charge on any atom is -0.486 e. The molecule has 32 heavy (non-hydrogen) atoms. The molecule has 0 fully saturated rings. The van der Waals surface area contributed by atoms with Crippen LogP contribution in [0.2, 0.25) is 0 Å². The second kappa shape index (κ2) is 9.02. The SMILES string of the molecule is NS(=O)(=O)c1ccc(C(=O)OCC(=O)N(Cc2cccs2)c2ccc3c(c2)OCCO3)o1. The maximum Gasteiger partial charge on any atom is 0.374 e. The lowest BCUT2D eigenvalue weighted by molar-refractivity contribution is -0.121. The van der Waals surface area contributed by atoms with Gasteiger partial charge in [-0.2, -0.15) is 0 Å². The average Bonchev–Trinajstić information content (AvgIpc) is 3.47. The second-order valence-electron chi connectivity index (χ2n) is 6.63. The Balaban J connectivity index is 1.50. The Labute approximate surface area is 187 Å². The largest absolute Gasteiger partial charge is 0.486 e. The lowest BCUT2D eigenvalue weighted by atomic mass is 10.2. The van der Waals surface area contributed by atoms with Crippen LogP contribution in [0.3, 0.4) is 0 Å². The number of ether oxygens (including phenoxy) is 3. The van der Waals surface area contributed by atoms with Crippen LogP contribution in [0.15, 0.2) is 57.4 Å². The van der Waals surface area contributed by atoms with Crippen molar-refractivity contribution in [3.8, 4) is 11.5 Å². The topological polar surface area (TPSA) is 138 Å². The summed E-state index contributed by atoms with van der Waals surface area (Å²) in [6.07, 6.45) is 0. The number of benzene rings is 1. The molecule has 1 aliphatic rings. The molecule has 3 heterocycles. The third kappa shape index (κ3) is 4.93. The van der Waals surface area contributed by atoms with Crippen molar-refractivity contribution in [3.63, 3.8) is 0 Å². The number of sulfonamides is 1. The van der Waals surface area contributed by atoms with E-state index in [1.54, 1.807) is 18.2 Å². The Bertz CT molecular complexity index is 1230. The molecule has 1 aromatic carbocycles. The van der Waals surface area contributed by atoms with Crippen molar-refractivity contribution in [1.29, 1.82) is 0 Å². The summed E-state index contributed by atoms with van der Waals surface area (Å²) in [6.45, 7) is 0.505. The zero-order valence-corrected chi connectivity index (χ0v) is 18.2. The Kier molecular flexibility index (Phi) is 6.17. The van der Waals surface area contributed by atoms with Gasteiger partial charge in [-0.3, -0.25) is 4.79 Å². The van der Waals surface area contributed by atoms with Gasteiger partial charge < -0.3 is 23.5 Å². The lowest BCUT2D eigenvalue weighted by Gasteiger charge is -2.25. The molecule has 0 saturated carbocycles. The van der Waals surface area contributed by atoms with Gasteiger partial charge in [-0.15, -0.1) is 11.3 Å². The number of primary sulfonamides is 1. The lowest BCUT2D eigenvalue weighted by Crippen LogP contribution is -2.34. The van der Waals surface area contributed by atoms with Crippen molar-refractivity contribution >= 4 is 38.9 Å².